The Morgan fingerprint density at radius 2 is 1.97 bits per heavy atom. The van der Waals surface area contributed by atoms with Gasteiger partial charge in [0.25, 0.3) is 5.91 Å². The Balaban J connectivity index is 1.29. The summed E-state index contributed by atoms with van der Waals surface area (Å²) in [5.41, 5.74) is 0.402. The Morgan fingerprint density at radius 3 is 2.74 bits per heavy atom. The van der Waals surface area contributed by atoms with Crippen LogP contribution < -0.4 is 10.2 Å². The molecule has 1 aliphatic heterocycles. The maximum Gasteiger partial charge on any atom is 0.416 e. The second-order valence-electron chi connectivity index (χ2n) is 7.99. The first-order chi connectivity index (χ1) is 16.8. The van der Waals surface area contributed by atoms with Crippen LogP contribution in [0.1, 0.15) is 34.7 Å². The summed E-state index contributed by atoms with van der Waals surface area (Å²) >= 11 is 0. The van der Waals surface area contributed by atoms with Gasteiger partial charge < -0.3 is 24.5 Å². The second kappa shape index (κ2) is 8.98. The molecule has 10 nitrogen and oxygen atoms in total. The SMILES string of the molecule is CC(NC(=O)c1cc(N2CCOCC2)ncn1)c1cc(-c2nc3ccc(C(F)(F)F)cc3[nH]2)on1. The van der Waals surface area contributed by atoms with Crippen molar-refractivity contribution in [2.24, 2.45) is 0 Å². The van der Waals surface area contributed by atoms with Gasteiger partial charge in [-0.2, -0.15) is 13.2 Å². The lowest BCUT2D eigenvalue weighted by atomic mass is 10.2. The fourth-order valence-corrected chi connectivity index (χ4v) is 3.69. The average Bonchev–Trinajstić information content (AvgIpc) is 3.51. The molecule has 5 rings (SSSR count). The topological polar surface area (TPSA) is 122 Å². The molecule has 1 fully saturated rings. The maximum absolute atomic E-state index is 13.0. The van der Waals surface area contributed by atoms with E-state index < -0.39 is 23.7 Å². The zero-order valence-electron chi connectivity index (χ0n) is 18.5. The van der Waals surface area contributed by atoms with Gasteiger partial charge in [0.1, 0.15) is 23.5 Å². The summed E-state index contributed by atoms with van der Waals surface area (Å²) in [7, 11) is 0. The smallest absolute Gasteiger partial charge is 0.378 e. The summed E-state index contributed by atoms with van der Waals surface area (Å²) in [4.78, 5) is 30.2. The number of ether oxygens (including phenoxy) is 1. The molecule has 0 radical (unpaired) electrons. The number of carbonyl (C=O) groups is 1. The Bertz CT molecular complexity index is 1360. The molecule has 3 aromatic heterocycles. The van der Waals surface area contributed by atoms with Crippen molar-refractivity contribution in [3.05, 3.63) is 53.6 Å². The van der Waals surface area contributed by atoms with E-state index in [1.807, 2.05) is 4.90 Å². The van der Waals surface area contributed by atoms with Crippen LogP contribution in [0.15, 0.2) is 41.2 Å². The van der Waals surface area contributed by atoms with Crippen molar-refractivity contribution in [2.45, 2.75) is 19.1 Å². The number of aromatic amines is 1. The number of fused-ring (bicyclic) bond motifs is 1. The van der Waals surface area contributed by atoms with Gasteiger partial charge >= 0.3 is 6.18 Å². The Hall–Kier alpha value is -4.00. The molecule has 2 N–H and O–H groups in total. The summed E-state index contributed by atoms with van der Waals surface area (Å²) in [6, 6.07) is 5.87. The Morgan fingerprint density at radius 1 is 1.17 bits per heavy atom. The van der Waals surface area contributed by atoms with Crippen LogP contribution in [0.4, 0.5) is 19.0 Å². The maximum atomic E-state index is 13.0. The molecular weight excluding hydrogens is 467 g/mol. The van der Waals surface area contributed by atoms with Gasteiger partial charge in [0, 0.05) is 25.2 Å². The van der Waals surface area contributed by atoms with Crippen molar-refractivity contribution in [3.63, 3.8) is 0 Å². The highest BCUT2D eigenvalue weighted by atomic mass is 19.4. The number of aromatic nitrogens is 5. The van der Waals surface area contributed by atoms with E-state index in [9.17, 15) is 18.0 Å². The lowest BCUT2D eigenvalue weighted by Crippen LogP contribution is -2.37. The number of carbonyl (C=O) groups excluding carboxylic acids is 1. The minimum absolute atomic E-state index is 0.204. The molecule has 13 heteroatoms. The van der Waals surface area contributed by atoms with E-state index >= 15 is 0 Å². The molecule has 1 saturated heterocycles. The van der Waals surface area contributed by atoms with Gasteiger partial charge in [0.15, 0.2) is 5.82 Å². The largest absolute Gasteiger partial charge is 0.416 e. The number of benzene rings is 1. The van der Waals surface area contributed by atoms with E-state index in [4.69, 9.17) is 9.26 Å². The highest BCUT2D eigenvalue weighted by Crippen LogP contribution is 2.32. The van der Waals surface area contributed by atoms with Crippen LogP contribution >= 0.6 is 0 Å². The van der Waals surface area contributed by atoms with Gasteiger partial charge in [-0.1, -0.05) is 5.16 Å². The molecule has 4 aromatic rings. The van der Waals surface area contributed by atoms with E-state index in [-0.39, 0.29) is 22.8 Å². The van der Waals surface area contributed by atoms with E-state index in [1.54, 1.807) is 19.1 Å². The summed E-state index contributed by atoms with van der Waals surface area (Å²) in [5.74, 6) is 0.677. The molecule has 35 heavy (non-hydrogen) atoms. The zero-order chi connectivity index (χ0) is 24.6. The van der Waals surface area contributed by atoms with Crippen LogP contribution in [0.25, 0.3) is 22.6 Å². The third kappa shape index (κ3) is 4.80. The van der Waals surface area contributed by atoms with Crippen molar-refractivity contribution in [2.75, 3.05) is 31.2 Å². The lowest BCUT2D eigenvalue weighted by Gasteiger charge is -2.27. The summed E-state index contributed by atoms with van der Waals surface area (Å²) in [6.45, 7) is 4.25. The number of amides is 1. The van der Waals surface area contributed by atoms with Crippen molar-refractivity contribution in [1.82, 2.24) is 30.4 Å². The lowest BCUT2D eigenvalue weighted by molar-refractivity contribution is -0.137. The first-order valence-electron chi connectivity index (χ1n) is 10.8. The monoisotopic (exact) mass is 487 g/mol. The number of H-pyrrole nitrogens is 1. The number of nitrogens with zero attached hydrogens (tertiary/aromatic N) is 5. The molecule has 0 aliphatic carbocycles. The van der Waals surface area contributed by atoms with Crippen molar-refractivity contribution in [3.8, 4) is 11.6 Å². The van der Waals surface area contributed by atoms with Crippen LogP contribution in [0.2, 0.25) is 0 Å². The van der Waals surface area contributed by atoms with Crippen molar-refractivity contribution >= 4 is 22.8 Å². The van der Waals surface area contributed by atoms with Gasteiger partial charge in [-0.15, -0.1) is 0 Å². The molecule has 1 unspecified atom stereocenters. The van der Waals surface area contributed by atoms with Crippen LogP contribution in [-0.2, 0) is 10.9 Å². The molecule has 1 amide bonds. The predicted molar refractivity (Wildman–Crippen MR) is 118 cm³/mol. The van der Waals surface area contributed by atoms with Gasteiger partial charge in [0.05, 0.1) is 35.9 Å². The quantitative estimate of drug-likeness (QED) is 0.440. The summed E-state index contributed by atoms with van der Waals surface area (Å²) in [5, 5.41) is 6.78. The van der Waals surface area contributed by atoms with Gasteiger partial charge in [-0.05, 0) is 25.1 Å². The van der Waals surface area contributed by atoms with Crippen LogP contribution in [0, 0.1) is 0 Å². The predicted octanol–water partition coefficient (Wildman–Crippen LogP) is 3.35. The second-order valence-corrected chi connectivity index (χ2v) is 7.99. The normalized spacial score (nSPS) is 15.4. The van der Waals surface area contributed by atoms with E-state index in [0.29, 0.717) is 43.3 Å². The molecule has 1 atom stereocenters. The van der Waals surface area contributed by atoms with Gasteiger partial charge in [-0.25, -0.2) is 15.0 Å². The number of nitrogens with one attached hydrogen (secondary N) is 2. The van der Waals surface area contributed by atoms with E-state index in [1.165, 1.54) is 12.4 Å². The molecule has 1 aromatic carbocycles. The fourth-order valence-electron chi connectivity index (χ4n) is 3.69. The number of halogens is 3. The third-order valence-corrected chi connectivity index (χ3v) is 5.58. The number of alkyl halides is 3. The number of imidazole rings is 1. The van der Waals surface area contributed by atoms with Crippen LogP contribution in [-0.4, -0.2) is 57.3 Å². The molecular formula is C22H20F3N7O3. The molecule has 0 spiro atoms. The number of rotatable bonds is 5. The van der Waals surface area contributed by atoms with Crippen LogP contribution in [0.3, 0.4) is 0 Å². The molecule has 1 aliphatic rings. The zero-order valence-corrected chi connectivity index (χ0v) is 18.5. The Labute approximate surface area is 196 Å². The van der Waals surface area contributed by atoms with Crippen LogP contribution in [0.5, 0.6) is 0 Å². The van der Waals surface area contributed by atoms with Gasteiger partial charge in [0.2, 0.25) is 5.76 Å². The van der Waals surface area contributed by atoms with Crippen molar-refractivity contribution < 1.29 is 27.2 Å². The molecule has 4 heterocycles. The minimum atomic E-state index is -4.46. The number of anilines is 1. The van der Waals surface area contributed by atoms with Gasteiger partial charge in [-0.3, -0.25) is 4.79 Å². The number of hydrogen-bond donors (Lipinski definition) is 2. The highest BCUT2D eigenvalue weighted by molar-refractivity contribution is 5.93. The van der Waals surface area contributed by atoms with E-state index in [0.717, 1.165) is 12.1 Å². The number of morpholine rings is 1. The third-order valence-electron chi connectivity index (χ3n) is 5.58. The van der Waals surface area contributed by atoms with Crippen molar-refractivity contribution in [1.29, 1.82) is 0 Å². The minimum Gasteiger partial charge on any atom is -0.378 e. The number of hydrogen-bond acceptors (Lipinski definition) is 8. The fraction of sp³-hybridized carbons (Fsp3) is 0.318. The first kappa shape index (κ1) is 22.8. The Kier molecular flexibility index (Phi) is 5.84. The van der Waals surface area contributed by atoms with E-state index in [2.05, 4.69) is 30.4 Å². The first-order valence-corrected chi connectivity index (χ1v) is 10.8. The summed E-state index contributed by atoms with van der Waals surface area (Å²) < 4.78 is 49.6. The molecule has 0 saturated carbocycles. The summed E-state index contributed by atoms with van der Waals surface area (Å²) in [6.07, 6.45) is -3.12. The standard InChI is InChI=1S/C22H20F3N7O3/c1-12(28-21(33)17-10-19(27-11-26-17)32-4-6-34-7-5-32)15-9-18(35-31-15)20-29-14-3-2-13(22(23,24)25)8-16(14)30-20/h2-3,8-12H,4-7H2,1H3,(H,28,33)(H,29,30). The average molecular weight is 487 g/mol. The highest BCUT2D eigenvalue weighted by Gasteiger charge is 2.31. The molecule has 182 valence electrons. The molecule has 0 bridgehead atoms.